The number of nitrogens with zero attached hydrogens (tertiary/aromatic N) is 3. The van der Waals surface area contributed by atoms with Crippen LogP contribution in [0.5, 0.6) is 0 Å². The molecule has 10 rings (SSSR count). The maximum absolute atomic E-state index is 5.23. The number of rotatable bonds is 6. The Kier molecular flexibility index (Phi) is 7.71. The van der Waals surface area contributed by atoms with Crippen LogP contribution in [0.2, 0.25) is 0 Å². The molecule has 0 saturated carbocycles. The monoisotopic (exact) mass is 685 g/mol. The Labute approximate surface area is 313 Å². The summed E-state index contributed by atoms with van der Waals surface area (Å²) in [7, 11) is 0. The molecule has 250 valence electrons. The van der Waals surface area contributed by atoms with E-state index in [-0.39, 0.29) is 0 Å². The van der Waals surface area contributed by atoms with E-state index >= 15 is 0 Å². The van der Waals surface area contributed by atoms with Gasteiger partial charge in [-0.1, -0.05) is 152 Å². The van der Waals surface area contributed by atoms with Gasteiger partial charge in [0, 0.05) is 34.5 Å². The molecule has 0 saturated heterocycles. The fraction of sp³-hybridized carbons (Fsp3) is 0. The van der Waals surface area contributed by atoms with E-state index in [9.17, 15) is 0 Å². The zero-order valence-electron chi connectivity index (χ0n) is 29.2. The molecule has 0 unspecified atom stereocenters. The molecule has 0 aliphatic rings. The molecule has 0 amide bonds. The predicted molar refractivity (Wildman–Crippen MR) is 223 cm³/mol. The van der Waals surface area contributed by atoms with Gasteiger partial charge in [0.25, 0.3) is 0 Å². The van der Waals surface area contributed by atoms with Gasteiger partial charge in [0.05, 0.1) is 11.4 Å². The average Bonchev–Trinajstić information content (AvgIpc) is 3.26. The summed E-state index contributed by atoms with van der Waals surface area (Å²) in [6.45, 7) is 0. The Balaban J connectivity index is 1.10. The summed E-state index contributed by atoms with van der Waals surface area (Å²) in [6, 6.07) is 68.4. The van der Waals surface area contributed by atoms with Crippen molar-refractivity contribution in [1.82, 2.24) is 15.0 Å². The van der Waals surface area contributed by atoms with Crippen molar-refractivity contribution < 1.29 is 0 Å². The van der Waals surface area contributed by atoms with Crippen molar-refractivity contribution in [1.29, 1.82) is 0 Å². The Hall–Kier alpha value is -7.41. The number of aromatic nitrogens is 3. The van der Waals surface area contributed by atoms with Crippen LogP contribution in [-0.4, -0.2) is 15.0 Å². The highest BCUT2D eigenvalue weighted by Gasteiger charge is 2.14. The summed E-state index contributed by atoms with van der Waals surface area (Å²) >= 11 is 0. The smallest absolute Gasteiger partial charge is 0.160 e. The lowest BCUT2D eigenvalue weighted by molar-refractivity contribution is 1.18. The van der Waals surface area contributed by atoms with Crippen molar-refractivity contribution in [2.45, 2.75) is 0 Å². The highest BCUT2D eigenvalue weighted by Crippen LogP contribution is 2.37. The third kappa shape index (κ3) is 5.73. The molecule has 0 radical (unpaired) electrons. The van der Waals surface area contributed by atoms with E-state index in [2.05, 4.69) is 181 Å². The molecule has 54 heavy (non-hydrogen) atoms. The molecule has 0 fully saturated rings. The fourth-order valence-corrected chi connectivity index (χ4v) is 7.51. The molecule has 2 aromatic heterocycles. The minimum atomic E-state index is 0.676. The molecule has 10 aromatic rings. The Bertz CT molecular complexity index is 2960. The molecule has 0 spiro atoms. The van der Waals surface area contributed by atoms with E-state index in [4.69, 9.17) is 9.97 Å². The maximum atomic E-state index is 5.23. The summed E-state index contributed by atoms with van der Waals surface area (Å²) in [6.07, 6.45) is 3.69. The molecule has 3 nitrogen and oxygen atoms in total. The van der Waals surface area contributed by atoms with Crippen molar-refractivity contribution >= 4 is 32.3 Å². The summed E-state index contributed by atoms with van der Waals surface area (Å²) in [5.41, 5.74) is 11.5. The average molecular weight is 686 g/mol. The SMILES string of the molecule is c1ccc2c(-c3cccc(-c4cc(-c5ccc(-c6cccnc6)cc5)nc(-c5ccc(-c6cccc7ccccc67)cc5)n4)c3)cc3ccccc3c2c#1. The van der Waals surface area contributed by atoms with Gasteiger partial charge < -0.3 is 0 Å². The second-order valence-corrected chi connectivity index (χ2v) is 13.5. The van der Waals surface area contributed by atoms with Crippen LogP contribution in [0.3, 0.4) is 0 Å². The van der Waals surface area contributed by atoms with Gasteiger partial charge in [-0.05, 0) is 96.7 Å². The first kappa shape index (κ1) is 31.3. The third-order valence-electron chi connectivity index (χ3n) is 10.2. The number of hydrogen-bond donors (Lipinski definition) is 0. The van der Waals surface area contributed by atoms with Crippen LogP contribution in [-0.2, 0) is 0 Å². The molecule has 3 heteroatoms. The lowest BCUT2D eigenvalue weighted by atomic mass is 9.93. The molecule has 0 aliphatic heterocycles. The number of hydrogen-bond acceptors (Lipinski definition) is 3. The topological polar surface area (TPSA) is 38.7 Å². The minimum Gasteiger partial charge on any atom is -0.264 e. The van der Waals surface area contributed by atoms with Crippen LogP contribution in [0.25, 0.3) is 99.6 Å². The molecular formula is C51H31N3. The third-order valence-corrected chi connectivity index (χ3v) is 10.2. The summed E-state index contributed by atoms with van der Waals surface area (Å²) < 4.78 is 0. The van der Waals surface area contributed by atoms with Crippen LogP contribution < -0.4 is 0 Å². The predicted octanol–water partition coefficient (Wildman–Crippen LogP) is 12.9. The zero-order chi connectivity index (χ0) is 35.8. The van der Waals surface area contributed by atoms with Gasteiger partial charge in [-0.15, -0.1) is 0 Å². The highest BCUT2D eigenvalue weighted by atomic mass is 14.9. The first-order chi connectivity index (χ1) is 26.7. The van der Waals surface area contributed by atoms with Crippen molar-refractivity contribution in [2.24, 2.45) is 0 Å². The van der Waals surface area contributed by atoms with Crippen LogP contribution >= 0.6 is 0 Å². The van der Waals surface area contributed by atoms with E-state index in [0.717, 1.165) is 66.7 Å². The van der Waals surface area contributed by atoms with E-state index < -0.39 is 0 Å². The summed E-state index contributed by atoms with van der Waals surface area (Å²) in [5.74, 6) is 0.676. The molecule has 0 bridgehead atoms. The first-order valence-corrected chi connectivity index (χ1v) is 18.1. The van der Waals surface area contributed by atoms with Gasteiger partial charge in [-0.2, -0.15) is 0 Å². The molecular weight excluding hydrogens is 655 g/mol. The zero-order valence-corrected chi connectivity index (χ0v) is 29.2. The van der Waals surface area contributed by atoms with Gasteiger partial charge in [-0.3, -0.25) is 4.98 Å². The second kappa shape index (κ2) is 13.3. The number of fused-ring (bicyclic) bond motifs is 4. The van der Waals surface area contributed by atoms with Crippen LogP contribution in [0.15, 0.2) is 188 Å². The lowest BCUT2D eigenvalue weighted by Crippen LogP contribution is -1.96. The molecule has 2 heterocycles. The standard InChI is InChI=1S/C51H31N3/c1-3-16-43-35(10-1)12-8-20-44(43)36-23-27-38(28-24-36)51-53-49(37-25-21-34(22-26-37)42-15-9-29-52-33-42)32-50(54-51)41-14-7-13-39(30-41)48-31-40-11-2-4-17-45(40)46-18-5-6-19-47(46)48/h1-4,6-17,19-33H. The Morgan fingerprint density at radius 3 is 1.89 bits per heavy atom. The lowest BCUT2D eigenvalue weighted by Gasteiger charge is -2.13. The number of benzene rings is 7. The molecule has 0 N–H and O–H groups in total. The summed E-state index contributed by atoms with van der Waals surface area (Å²) in [5, 5.41) is 7.03. The van der Waals surface area contributed by atoms with Crippen molar-refractivity contribution in [3.63, 3.8) is 0 Å². The van der Waals surface area contributed by atoms with E-state index in [1.807, 2.05) is 18.3 Å². The molecule has 0 aliphatic carbocycles. The largest absolute Gasteiger partial charge is 0.264 e. The van der Waals surface area contributed by atoms with E-state index in [1.54, 1.807) is 6.20 Å². The van der Waals surface area contributed by atoms with Gasteiger partial charge in [0.2, 0.25) is 0 Å². The van der Waals surface area contributed by atoms with Crippen molar-refractivity contribution in [3.8, 4) is 67.3 Å². The summed E-state index contributed by atoms with van der Waals surface area (Å²) in [4.78, 5) is 14.7. The Morgan fingerprint density at radius 1 is 0.389 bits per heavy atom. The maximum Gasteiger partial charge on any atom is 0.160 e. The van der Waals surface area contributed by atoms with Gasteiger partial charge in [-0.25, -0.2) is 9.97 Å². The number of pyridine rings is 1. The van der Waals surface area contributed by atoms with Crippen molar-refractivity contribution in [3.05, 3.63) is 200 Å². The van der Waals surface area contributed by atoms with Gasteiger partial charge >= 0.3 is 0 Å². The van der Waals surface area contributed by atoms with E-state index in [1.165, 1.54) is 27.1 Å². The fourth-order valence-electron chi connectivity index (χ4n) is 7.51. The van der Waals surface area contributed by atoms with Crippen LogP contribution in [0.1, 0.15) is 0 Å². The highest BCUT2D eigenvalue weighted by molar-refractivity contribution is 6.13. The normalized spacial score (nSPS) is 11.2. The second-order valence-electron chi connectivity index (χ2n) is 13.5. The van der Waals surface area contributed by atoms with Crippen LogP contribution in [0, 0.1) is 12.1 Å². The first-order valence-electron chi connectivity index (χ1n) is 18.1. The van der Waals surface area contributed by atoms with Gasteiger partial charge in [0.15, 0.2) is 5.82 Å². The van der Waals surface area contributed by atoms with E-state index in [0.29, 0.717) is 5.82 Å². The van der Waals surface area contributed by atoms with Crippen molar-refractivity contribution in [2.75, 3.05) is 0 Å². The Morgan fingerprint density at radius 2 is 1.06 bits per heavy atom. The van der Waals surface area contributed by atoms with Crippen LogP contribution in [0.4, 0.5) is 0 Å². The molecule has 8 aromatic carbocycles. The quantitative estimate of drug-likeness (QED) is 0.175. The minimum absolute atomic E-state index is 0.676. The van der Waals surface area contributed by atoms with Gasteiger partial charge in [0.1, 0.15) is 0 Å². The molecule has 0 atom stereocenters.